The summed E-state index contributed by atoms with van der Waals surface area (Å²) in [7, 11) is 0. The fourth-order valence-electron chi connectivity index (χ4n) is 2.68. The zero-order valence-electron chi connectivity index (χ0n) is 14.1. The van der Waals surface area contributed by atoms with Crippen LogP contribution in [0.3, 0.4) is 0 Å². The van der Waals surface area contributed by atoms with Crippen LogP contribution in [0.4, 0.5) is 14.9 Å². The Labute approximate surface area is 137 Å². The molecule has 6 heteroatoms. The van der Waals surface area contributed by atoms with E-state index >= 15 is 0 Å². The highest BCUT2D eigenvalue weighted by Crippen LogP contribution is 2.15. The molecule has 1 aromatic carbocycles. The molecule has 1 heterocycles. The number of carbonyl (C=O) groups is 1. The number of urea groups is 1. The lowest BCUT2D eigenvalue weighted by molar-refractivity contribution is -0.0288. The van der Waals surface area contributed by atoms with Crippen molar-refractivity contribution in [3.05, 3.63) is 29.6 Å². The molecule has 2 amide bonds. The van der Waals surface area contributed by atoms with Gasteiger partial charge in [0.05, 0.1) is 18.4 Å². The van der Waals surface area contributed by atoms with Crippen LogP contribution in [0, 0.1) is 18.7 Å². The van der Waals surface area contributed by atoms with Crippen molar-refractivity contribution in [2.24, 2.45) is 5.92 Å². The van der Waals surface area contributed by atoms with Crippen molar-refractivity contribution in [1.82, 2.24) is 10.2 Å². The van der Waals surface area contributed by atoms with Gasteiger partial charge in [0.15, 0.2) is 0 Å². The molecule has 5 nitrogen and oxygen atoms in total. The number of halogens is 1. The molecule has 1 aliphatic heterocycles. The van der Waals surface area contributed by atoms with E-state index in [-0.39, 0.29) is 11.8 Å². The van der Waals surface area contributed by atoms with E-state index in [0.29, 0.717) is 19.1 Å². The smallest absolute Gasteiger partial charge is 0.319 e. The number of aryl methyl sites for hydroxylation is 1. The molecule has 1 atom stereocenters. The molecule has 23 heavy (non-hydrogen) atoms. The highest BCUT2D eigenvalue weighted by molar-refractivity contribution is 5.89. The van der Waals surface area contributed by atoms with E-state index in [1.54, 1.807) is 19.1 Å². The summed E-state index contributed by atoms with van der Waals surface area (Å²) in [6.45, 7) is 10.0. The lowest BCUT2D eigenvalue weighted by Gasteiger charge is -2.33. The number of amides is 2. The fraction of sp³-hybridized carbons (Fsp3) is 0.588. The molecular formula is C17H26FN3O2. The first kappa shape index (κ1) is 17.7. The van der Waals surface area contributed by atoms with E-state index in [2.05, 4.69) is 29.4 Å². The number of hydrogen-bond donors (Lipinski definition) is 2. The standard InChI is InChI=1S/C17H26FN3O2/c1-12(2)10-21-6-7-23-14(11-21)9-19-17(22)20-16-5-4-13(3)8-15(16)18/h4-5,8,12,14H,6-7,9-11H2,1-3H3,(H2,19,20,22). The summed E-state index contributed by atoms with van der Waals surface area (Å²) in [5.41, 5.74) is 0.994. The number of ether oxygens (including phenoxy) is 1. The Morgan fingerprint density at radius 3 is 2.96 bits per heavy atom. The van der Waals surface area contributed by atoms with E-state index in [1.807, 2.05) is 0 Å². The summed E-state index contributed by atoms with van der Waals surface area (Å²) in [6.07, 6.45) is -0.0314. The van der Waals surface area contributed by atoms with Gasteiger partial charge in [-0.05, 0) is 30.5 Å². The molecule has 1 unspecified atom stereocenters. The predicted molar refractivity (Wildman–Crippen MR) is 89.2 cm³/mol. The van der Waals surface area contributed by atoms with Crippen LogP contribution in [0.2, 0.25) is 0 Å². The Kier molecular flexibility index (Phi) is 6.36. The Balaban J connectivity index is 1.77. The number of rotatable bonds is 5. The topological polar surface area (TPSA) is 53.6 Å². The molecule has 1 aromatic rings. The molecule has 2 rings (SSSR count). The third-order valence-electron chi connectivity index (χ3n) is 3.71. The Morgan fingerprint density at radius 2 is 2.26 bits per heavy atom. The molecule has 1 aliphatic rings. The second-order valence-electron chi connectivity index (χ2n) is 6.46. The Bertz CT molecular complexity index is 537. The van der Waals surface area contributed by atoms with Gasteiger partial charge >= 0.3 is 6.03 Å². The summed E-state index contributed by atoms with van der Waals surface area (Å²) < 4.78 is 19.4. The molecular weight excluding hydrogens is 297 g/mol. The van der Waals surface area contributed by atoms with Gasteiger partial charge in [-0.3, -0.25) is 4.90 Å². The zero-order chi connectivity index (χ0) is 16.8. The van der Waals surface area contributed by atoms with Crippen molar-refractivity contribution in [3.8, 4) is 0 Å². The van der Waals surface area contributed by atoms with Gasteiger partial charge < -0.3 is 15.4 Å². The van der Waals surface area contributed by atoms with Gasteiger partial charge in [0.2, 0.25) is 0 Å². The van der Waals surface area contributed by atoms with Crippen molar-refractivity contribution in [2.45, 2.75) is 26.9 Å². The summed E-state index contributed by atoms with van der Waals surface area (Å²) >= 11 is 0. The highest BCUT2D eigenvalue weighted by atomic mass is 19.1. The summed E-state index contributed by atoms with van der Waals surface area (Å²) in [4.78, 5) is 14.2. The van der Waals surface area contributed by atoms with Crippen LogP contribution in [-0.4, -0.2) is 49.8 Å². The maximum absolute atomic E-state index is 13.7. The van der Waals surface area contributed by atoms with Gasteiger partial charge in [-0.15, -0.1) is 0 Å². The van der Waals surface area contributed by atoms with E-state index in [0.717, 1.165) is 25.2 Å². The van der Waals surface area contributed by atoms with Crippen LogP contribution in [-0.2, 0) is 4.74 Å². The van der Waals surface area contributed by atoms with Crippen molar-refractivity contribution in [2.75, 3.05) is 38.1 Å². The van der Waals surface area contributed by atoms with E-state index in [9.17, 15) is 9.18 Å². The number of benzene rings is 1. The van der Waals surface area contributed by atoms with Gasteiger partial charge in [-0.1, -0.05) is 19.9 Å². The van der Waals surface area contributed by atoms with Crippen LogP contribution < -0.4 is 10.6 Å². The van der Waals surface area contributed by atoms with Crippen molar-refractivity contribution >= 4 is 11.7 Å². The van der Waals surface area contributed by atoms with E-state index in [1.165, 1.54) is 6.07 Å². The second kappa shape index (κ2) is 8.26. The summed E-state index contributed by atoms with van der Waals surface area (Å²) in [5, 5.41) is 5.27. The SMILES string of the molecule is Cc1ccc(NC(=O)NCC2CN(CC(C)C)CCO2)c(F)c1. The quantitative estimate of drug-likeness (QED) is 0.876. The number of carbonyl (C=O) groups excluding carboxylic acids is 1. The monoisotopic (exact) mass is 323 g/mol. The van der Waals surface area contributed by atoms with Gasteiger partial charge in [0.1, 0.15) is 5.82 Å². The fourth-order valence-corrected chi connectivity index (χ4v) is 2.68. The van der Waals surface area contributed by atoms with E-state index < -0.39 is 11.8 Å². The average molecular weight is 323 g/mol. The maximum Gasteiger partial charge on any atom is 0.319 e. The van der Waals surface area contributed by atoms with Crippen molar-refractivity contribution < 1.29 is 13.9 Å². The molecule has 0 saturated carbocycles. The largest absolute Gasteiger partial charge is 0.374 e. The van der Waals surface area contributed by atoms with E-state index in [4.69, 9.17) is 4.74 Å². The average Bonchev–Trinajstić information content (AvgIpc) is 2.48. The highest BCUT2D eigenvalue weighted by Gasteiger charge is 2.21. The molecule has 0 aromatic heterocycles. The molecule has 0 spiro atoms. The molecule has 0 bridgehead atoms. The molecule has 128 valence electrons. The van der Waals surface area contributed by atoms with Crippen LogP contribution in [0.5, 0.6) is 0 Å². The van der Waals surface area contributed by atoms with Gasteiger partial charge in [-0.2, -0.15) is 0 Å². The predicted octanol–water partition coefficient (Wildman–Crippen LogP) is 2.61. The number of nitrogens with zero attached hydrogens (tertiary/aromatic N) is 1. The maximum atomic E-state index is 13.7. The van der Waals surface area contributed by atoms with Gasteiger partial charge in [-0.25, -0.2) is 9.18 Å². The molecule has 2 N–H and O–H groups in total. The minimum absolute atomic E-state index is 0.0314. The van der Waals surface area contributed by atoms with Gasteiger partial charge in [0, 0.05) is 26.2 Å². The number of anilines is 1. The molecule has 0 radical (unpaired) electrons. The zero-order valence-corrected chi connectivity index (χ0v) is 14.1. The van der Waals surface area contributed by atoms with Crippen LogP contribution in [0.25, 0.3) is 0 Å². The number of hydrogen-bond acceptors (Lipinski definition) is 3. The third kappa shape index (κ3) is 5.80. The minimum Gasteiger partial charge on any atom is -0.374 e. The molecule has 1 fully saturated rings. The van der Waals surface area contributed by atoms with Crippen LogP contribution in [0.15, 0.2) is 18.2 Å². The lowest BCUT2D eigenvalue weighted by atomic mass is 10.2. The lowest BCUT2D eigenvalue weighted by Crippen LogP contribution is -2.48. The number of nitrogens with one attached hydrogen (secondary N) is 2. The second-order valence-corrected chi connectivity index (χ2v) is 6.46. The van der Waals surface area contributed by atoms with Crippen molar-refractivity contribution in [1.29, 1.82) is 0 Å². The summed E-state index contributed by atoms with van der Waals surface area (Å²) in [5.74, 6) is 0.173. The third-order valence-corrected chi connectivity index (χ3v) is 3.71. The van der Waals surface area contributed by atoms with Crippen molar-refractivity contribution in [3.63, 3.8) is 0 Å². The van der Waals surface area contributed by atoms with Crippen LogP contribution in [0.1, 0.15) is 19.4 Å². The number of morpholine rings is 1. The van der Waals surface area contributed by atoms with Gasteiger partial charge in [0.25, 0.3) is 0 Å². The first-order valence-electron chi connectivity index (χ1n) is 8.09. The normalized spacial score (nSPS) is 18.9. The molecule has 0 aliphatic carbocycles. The molecule has 1 saturated heterocycles. The minimum atomic E-state index is -0.433. The first-order valence-corrected chi connectivity index (χ1v) is 8.09. The van der Waals surface area contributed by atoms with Crippen LogP contribution >= 0.6 is 0 Å². The first-order chi connectivity index (χ1) is 10.9. The Hall–Kier alpha value is -1.66. The summed E-state index contributed by atoms with van der Waals surface area (Å²) in [6, 6.07) is 4.29. The Morgan fingerprint density at radius 1 is 1.48 bits per heavy atom.